The Bertz CT molecular complexity index is 479. The quantitative estimate of drug-likeness (QED) is 0.836. The van der Waals surface area contributed by atoms with E-state index in [0.717, 1.165) is 10.3 Å². The number of hydrogen-bond donors (Lipinski definition) is 0. The smallest absolute Gasteiger partial charge is 0.301 e. The summed E-state index contributed by atoms with van der Waals surface area (Å²) in [7, 11) is 1.61. The predicted octanol–water partition coefficient (Wildman–Crippen LogP) is 2.95. The maximum absolute atomic E-state index is 5.20. The molecule has 0 spiro atoms. The number of benzene rings is 1. The lowest BCUT2D eigenvalue weighted by atomic mass is 10.2. The summed E-state index contributed by atoms with van der Waals surface area (Å²) in [5, 5.41) is 0. The van der Waals surface area contributed by atoms with Gasteiger partial charge >= 0.3 is 6.01 Å². The van der Waals surface area contributed by atoms with E-state index in [2.05, 4.69) is 33.9 Å². The third-order valence-corrected chi connectivity index (χ3v) is 2.58. The van der Waals surface area contributed by atoms with E-state index in [0.29, 0.717) is 6.01 Å². The maximum Gasteiger partial charge on any atom is 0.301 e. The van der Waals surface area contributed by atoms with Crippen molar-refractivity contribution in [3.63, 3.8) is 0 Å². The van der Waals surface area contributed by atoms with E-state index in [9.17, 15) is 0 Å². The Morgan fingerprint density at radius 1 is 1.33 bits per heavy atom. The normalized spacial score (nSPS) is 10.3. The largest absolute Gasteiger partial charge is 0.468 e. The van der Waals surface area contributed by atoms with Crippen LogP contribution in [0.4, 0.5) is 0 Å². The van der Waals surface area contributed by atoms with E-state index >= 15 is 0 Å². The van der Waals surface area contributed by atoms with E-state index in [-0.39, 0.29) is 0 Å². The minimum Gasteiger partial charge on any atom is -0.468 e. The maximum atomic E-state index is 5.20. The van der Waals surface area contributed by atoms with Gasteiger partial charge in [0.2, 0.25) is 0 Å². The van der Waals surface area contributed by atoms with E-state index < -0.39 is 0 Å². The lowest BCUT2D eigenvalue weighted by Crippen LogP contribution is -1.98. The molecule has 0 N–H and O–H groups in total. The molecule has 0 bridgehead atoms. The van der Waals surface area contributed by atoms with E-state index in [1.165, 1.54) is 5.56 Å². The number of ether oxygens (including phenoxy) is 1. The van der Waals surface area contributed by atoms with E-state index in [4.69, 9.17) is 4.74 Å². The zero-order valence-electron chi connectivity index (χ0n) is 8.57. The van der Waals surface area contributed by atoms with E-state index in [1.807, 2.05) is 29.0 Å². The summed E-state index contributed by atoms with van der Waals surface area (Å²) in [5.74, 6) is 0. The Kier molecular flexibility index (Phi) is 2.77. The fourth-order valence-corrected chi connectivity index (χ4v) is 1.84. The highest BCUT2D eigenvalue weighted by atomic mass is 79.9. The molecule has 0 amide bonds. The standard InChI is InChI=1S/C11H11BrN2O/c1-8-5-3-4-6-9(8)14-7-10(12)13-11(14)15-2/h3-7H,1-2H3. The first-order valence-electron chi connectivity index (χ1n) is 4.57. The molecule has 15 heavy (non-hydrogen) atoms. The molecule has 0 fully saturated rings. The van der Waals surface area contributed by atoms with Crippen LogP contribution in [0, 0.1) is 6.92 Å². The Balaban J connectivity index is 2.58. The third-order valence-electron chi connectivity index (χ3n) is 2.20. The monoisotopic (exact) mass is 266 g/mol. The van der Waals surface area contributed by atoms with Gasteiger partial charge in [0.05, 0.1) is 12.8 Å². The number of aromatic nitrogens is 2. The van der Waals surface area contributed by atoms with Crippen molar-refractivity contribution in [2.45, 2.75) is 6.92 Å². The van der Waals surface area contributed by atoms with Crippen molar-refractivity contribution in [2.24, 2.45) is 0 Å². The molecule has 2 aromatic rings. The fourth-order valence-electron chi connectivity index (χ4n) is 1.49. The Labute approximate surface area is 96.8 Å². The summed E-state index contributed by atoms with van der Waals surface area (Å²) in [6, 6.07) is 8.68. The molecule has 2 rings (SSSR count). The van der Waals surface area contributed by atoms with Crippen LogP contribution < -0.4 is 4.74 Å². The van der Waals surface area contributed by atoms with Crippen LogP contribution in [0.3, 0.4) is 0 Å². The minimum atomic E-state index is 0.580. The van der Waals surface area contributed by atoms with Gasteiger partial charge in [0, 0.05) is 6.20 Å². The third kappa shape index (κ3) is 1.90. The molecule has 1 heterocycles. The molecule has 0 radical (unpaired) electrons. The van der Waals surface area contributed by atoms with E-state index in [1.54, 1.807) is 7.11 Å². The molecule has 0 unspecified atom stereocenters. The molecule has 0 aliphatic heterocycles. The first-order valence-corrected chi connectivity index (χ1v) is 5.36. The highest BCUT2D eigenvalue weighted by molar-refractivity contribution is 9.10. The van der Waals surface area contributed by atoms with Crippen molar-refractivity contribution in [1.29, 1.82) is 0 Å². The second kappa shape index (κ2) is 4.06. The van der Waals surface area contributed by atoms with Crippen molar-refractivity contribution >= 4 is 15.9 Å². The van der Waals surface area contributed by atoms with Crippen LogP contribution in [0.2, 0.25) is 0 Å². The summed E-state index contributed by atoms with van der Waals surface area (Å²) >= 11 is 3.33. The van der Waals surface area contributed by atoms with Crippen molar-refractivity contribution in [2.75, 3.05) is 7.11 Å². The molecule has 0 saturated carbocycles. The summed E-state index contributed by atoms with van der Waals surface area (Å²) in [6.07, 6.45) is 1.89. The molecule has 1 aromatic carbocycles. The first-order chi connectivity index (χ1) is 7.22. The number of halogens is 1. The van der Waals surface area contributed by atoms with Crippen LogP contribution in [0.1, 0.15) is 5.56 Å². The molecular formula is C11H11BrN2O. The predicted molar refractivity (Wildman–Crippen MR) is 62.6 cm³/mol. The number of hydrogen-bond acceptors (Lipinski definition) is 2. The van der Waals surface area contributed by atoms with Gasteiger partial charge in [-0.2, -0.15) is 4.98 Å². The van der Waals surface area contributed by atoms with Crippen LogP contribution in [0.15, 0.2) is 35.1 Å². The van der Waals surface area contributed by atoms with Gasteiger partial charge in [-0.3, -0.25) is 4.57 Å². The first kappa shape index (κ1) is 10.2. The number of para-hydroxylation sites is 1. The average Bonchev–Trinajstić information content (AvgIpc) is 2.60. The molecule has 0 saturated heterocycles. The van der Waals surface area contributed by atoms with Crippen molar-refractivity contribution in [1.82, 2.24) is 9.55 Å². The fraction of sp³-hybridized carbons (Fsp3) is 0.182. The molecule has 1 aromatic heterocycles. The summed E-state index contributed by atoms with van der Waals surface area (Å²) < 4.78 is 7.88. The summed E-state index contributed by atoms with van der Waals surface area (Å²) in [5.41, 5.74) is 2.26. The van der Waals surface area contributed by atoms with Crippen LogP contribution >= 0.6 is 15.9 Å². The van der Waals surface area contributed by atoms with Crippen molar-refractivity contribution < 1.29 is 4.74 Å². The molecule has 0 aliphatic rings. The number of imidazole rings is 1. The van der Waals surface area contributed by atoms with Gasteiger partial charge in [-0.25, -0.2) is 0 Å². The SMILES string of the molecule is COc1nc(Br)cn1-c1ccccc1C. The molecule has 4 heteroatoms. The zero-order valence-corrected chi connectivity index (χ0v) is 10.2. The van der Waals surface area contributed by atoms with Gasteiger partial charge in [-0.15, -0.1) is 0 Å². The second-order valence-electron chi connectivity index (χ2n) is 3.21. The van der Waals surface area contributed by atoms with Crippen molar-refractivity contribution in [3.05, 3.63) is 40.6 Å². The highest BCUT2D eigenvalue weighted by Crippen LogP contribution is 2.23. The Morgan fingerprint density at radius 2 is 2.07 bits per heavy atom. The number of methoxy groups -OCH3 is 1. The van der Waals surface area contributed by atoms with Gasteiger partial charge in [0.1, 0.15) is 4.60 Å². The number of nitrogens with zero attached hydrogens (tertiary/aromatic N) is 2. The minimum absolute atomic E-state index is 0.580. The lowest BCUT2D eigenvalue weighted by molar-refractivity contribution is 0.373. The van der Waals surface area contributed by atoms with Crippen LogP contribution in [0.5, 0.6) is 6.01 Å². The second-order valence-corrected chi connectivity index (χ2v) is 4.02. The highest BCUT2D eigenvalue weighted by Gasteiger charge is 2.09. The van der Waals surface area contributed by atoms with Crippen LogP contribution in [-0.2, 0) is 0 Å². The number of rotatable bonds is 2. The van der Waals surface area contributed by atoms with Gasteiger partial charge in [0.15, 0.2) is 0 Å². The number of aryl methyl sites for hydroxylation is 1. The van der Waals surface area contributed by atoms with Gasteiger partial charge in [-0.05, 0) is 34.5 Å². The molecule has 78 valence electrons. The Hall–Kier alpha value is -1.29. The van der Waals surface area contributed by atoms with Crippen LogP contribution in [0.25, 0.3) is 5.69 Å². The average molecular weight is 267 g/mol. The summed E-state index contributed by atoms with van der Waals surface area (Å²) in [6.45, 7) is 2.06. The van der Waals surface area contributed by atoms with Gasteiger partial charge in [-0.1, -0.05) is 18.2 Å². The molecule has 0 atom stereocenters. The zero-order chi connectivity index (χ0) is 10.8. The lowest BCUT2D eigenvalue weighted by Gasteiger charge is -2.08. The molecule has 0 aliphatic carbocycles. The topological polar surface area (TPSA) is 27.1 Å². The van der Waals surface area contributed by atoms with Crippen molar-refractivity contribution in [3.8, 4) is 11.7 Å². The summed E-state index contributed by atoms with van der Waals surface area (Å²) in [4.78, 5) is 4.20. The van der Waals surface area contributed by atoms with Crippen LogP contribution in [-0.4, -0.2) is 16.7 Å². The van der Waals surface area contributed by atoms with Gasteiger partial charge < -0.3 is 4.74 Å². The molecular weight excluding hydrogens is 256 g/mol. The molecule has 3 nitrogen and oxygen atoms in total. The van der Waals surface area contributed by atoms with Gasteiger partial charge in [0.25, 0.3) is 0 Å². The Morgan fingerprint density at radius 3 is 2.73 bits per heavy atom.